The zero-order valence-corrected chi connectivity index (χ0v) is 8.83. The maximum absolute atomic E-state index is 13.0. The van der Waals surface area contributed by atoms with E-state index >= 15 is 0 Å². The molecule has 3 nitrogen and oxygen atoms in total. The number of ether oxygens (including phenoxy) is 2. The second-order valence-electron chi connectivity index (χ2n) is 3.85. The summed E-state index contributed by atoms with van der Waals surface area (Å²) in [6.07, 6.45) is -0.928. The fourth-order valence-corrected chi connectivity index (χ4v) is 1.55. The highest BCUT2D eigenvalue weighted by atomic mass is 19.2. The van der Waals surface area contributed by atoms with E-state index in [-0.39, 0.29) is 31.3 Å². The van der Waals surface area contributed by atoms with E-state index in [0.717, 1.165) is 12.1 Å². The molecule has 17 heavy (non-hydrogen) atoms. The van der Waals surface area contributed by atoms with E-state index in [1.54, 1.807) is 0 Å². The van der Waals surface area contributed by atoms with Crippen molar-refractivity contribution >= 4 is 0 Å². The van der Waals surface area contributed by atoms with E-state index in [1.807, 2.05) is 0 Å². The maximum Gasteiger partial charge on any atom is 0.194 e. The Morgan fingerprint density at radius 1 is 1.12 bits per heavy atom. The van der Waals surface area contributed by atoms with Crippen LogP contribution in [0.1, 0.15) is 11.9 Å². The summed E-state index contributed by atoms with van der Waals surface area (Å²) in [5, 5.41) is 8.84. The van der Waals surface area contributed by atoms with Gasteiger partial charge < -0.3 is 14.6 Å². The highest BCUT2D eigenvalue weighted by molar-refractivity contribution is 5.20. The molecule has 1 heterocycles. The van der Waals surface area contributed by atoms with Crippen LogP contribution in [0.25, 0.3) is 0 Å². The third-order valence-corrected chi connectivity index (χ3v) is 2.50. The average Bonchev–Trinajstić information content (AvgIpc) is 2.35. The van der Waals surface area contributed by atoms with Gasteiger partial charge in [-0.2, -0.15) is 0 Å². The molecule has 0 unspecified atom stereocenters. The summed E-state index contributed by atoms with van der Waals surface area (Å²) in [5.74, 6) is -4.23. The largest absolute Gasteiger partial charge is 0.396 e. The molecule has 0 radical (unpaired) electrons. The lowest BCUT2D eigenvalue weighted by atomic mass is 10.1. The smallest absolute Gasteiger partial charge is 0.194 e. The van der Waals surface area contributed by atoms with E-state index in [9.17, 15) is 13.2 Å². The van der Waals surface area contributed by atoms with Gasteiger partial charge in [-0.3, -0.25) is 0 Å². The highest BCUT2D eigenvalue weighted by Gasteiger charge is 2.25. The number of hydrogen-bond acceptors (Lipinski definition) is 3. The molecule has 1 aliphatic rings. The molecular formula is C11H11F3O3. The Kier molecular flexibility index (Phi) is 3.66. The summed E-state index contributed by atoms with van der Waals surface area (Å²) in [4.78, 5) is 0. The first-order valence-electron chi connectivity index (χ1n) is 5.10. The minimum absolute atomic E-state index is 0.0813. The van der Waals surface area contributed by atoms with Crippen LogP contribution >= 0.6 is 0 Å². The molecule has 0 spiro atoms. The van der Waals surface area contributed by atoms with E-state index in [2.05, 4.69) is 0 Å². The molecule has 0 aliphatic carbocycles. The summed E-state index contributed by atoms with van der Waals surface area (Å²) in [6, 6.07) is 1.67. The van der Waals surface area contributed by atoms with Crippen LogP contribution in [-0.4, -0.2) is 24.9 Å². The van der Waals surface area contributed by atoms with E-state index in [1.165, 1.54) is 0 Å². The molecule has 2 rings (SSSR count). The lowest BCUT2D eigenvalue weighted by molar-refractivity contribution is -0.209. The Labute approximate surface area is 95.8 Å². The lowest BCUT2D eigenvalue weighted by Gasteiger charge is -2.28. The molecule has 1 aromatic rings. The van der Waals surface area contributed by atoms with Gasteiger partial charge in [-0.15, -0.1) is 0 Å². The fourth-order valence-electron chi connectivity index (χ4n) is 1.55. The normalized spacial score (nSPS) is 24.9. The van der Waals surface area contributed by atoms with Crippen LogP contribution in [0.3, 0.4) is 0 Å². The molecule has 1 fully saturated rings. The number of aliphatic hydroxyl groups is 1. The Balaban J connectivity index is 2.13. The third-order valence-electron chi connectivity index (χ3n) is 2.50. The van der Waals surface area contributed by atoms with Gasteiger partial charge in [0.15, 0.2) is 23.7 Å². The zero-order chi connectivity index (χ0) is 12.4. The molecule has 1 N–H and O–H groups in total. The molecule has 0 bridgehead atoms. The molecule has 6 heteroatoms. The number of rotatable bonds is 2. The van der Waals surface area contributed by atoms with Gasteiger partial charge in [0.05, 0.1) is 19.8 Å². The number of halogens is 3. The van der Waals surface area contributed by atoms with Crippen molar-refractivity contribution in [3.05, 3.63) is 35.1 Å². The number of aliphatic hydroxyl groups excluding tert-OH is 1. The van der Waals surface area contributed by atoms with Gasteiger partial charge in [0.2, 0.25) is 0 Å². The van der Waals surface area contributed by atoms with Crippen molar-refractivity contribution in [3.8, 4) is 0 Å². The van der Waals surface area contributed by atoms with Crippen LogP contribution in [0, 0.1) is 23.4 Å². The predicted octanol–water partition coefficient (Wildman–Crippen LogP) is 1.76. The SMILES string of the molecule is OCC1COC(c2cc(F)c(F)c(F)c2)OC1. The van der Waals surface area contributed by atoms with Gasteiger partial charge in [0.25, 0.3) is 0 Å². The maximum atomic E-state index is 13.0. The van der Waals surface area contributed by atoms with Crippen molar-refractivity contribution in [1.82, 2.24) is 0 Å². The average molecular weight is 248 g/mol. The Bertz CT molecular complexity index is 380. The number of hydrogen-bond donors (Lipinski definition) is 1. The summed E-state index contributed by atoms with van der Waals surface area (Å²) in [7, 11) is 0. The van der Waals surface area contributed by atoms with Gasteiger partial charge in [-0.05, 0) is 12.1 Å². The van der Waals surface area contributed by atoms with Crippen molar-refractivity contribution in [3.63, 3.8) is 0 Å². The molecule has 94 valence electrons. The first-order chi connectivity index (χ1) is 8.11. The minimum atomic E-state index is -1.52. The summed E-state index contributed by atoms with van der Waals surface area (Å²) < 4.78 is 49.0. The Morgan fingerprint density at radius 2 is 1.65 bits per heavy atom. The third kappa shape index (κ3) is 2.59. The standard InChI is InChI=1S/C11H11F3O3/c12-8-1-7(2-9(13)10(8)14)11-16-4-6(3-15)5-17-11/h1-2,6,11,15H,3-5H2. The molecule has 1 aliphatic heterocycles. The minimum Gasteiger partial charge on any atom is -0.396 e. The van der Waals surface area contributed by atoms with Gasteiger partial charge in [-0.25, -0.2) is 13.2 Å². The van der Waals surface area contributed by atoms with Crippen LogP contribution in [0.2, 0.25) is 0 Å². The molecule has 1 aromatic carbocycles. The lowest BCUT2D eigenvalue weighted by Crippen LogP contribution is -2.29. The monoisotopic (exact) mass is 248 g/mol. The van der Waals surface area contributed by atoms with Crippen LogP contribution in [0.5, 0.6) is 0 Å². The number of benzene rings is 1. The van der Waals surface area contributed by atoms with Gasteiger partial charge >= 0.3 is 0 Å². The van der Waals surface area contributed by atoms with Gasteiger partial charge in [0.1, 0.15) is 0 Å². The van der Waals surface area contributed by atoms with Crippen molar-refractivity contribution in [2.45, 2.75) is 6.29 Å². The quantitative estimate of drug-likeness (QED) is 0.810. The zero-order valence-electron chi connectivity index (χ0n) is 8.83. The Morgan fingerprint density at radius 3 is 2.12 bits per heavy atom. The summed E-state index contributed by atoms with van der Waals surface area (Å²) >= 11 is 0. The van der Waals surface area contributed by atoms with Crippen molar-refractivity contribution in [1.29, 1.82) is 0 Å². The first-order valence-corrected chi connectivity index (χ1v) is 5.10. The Hall–Kier alpha value is -1.11. The molecule has 0 saturated carbocycles. The van der Waals surface area contributed by atoms with Gasteiger partial charge in [0, 0.05) is 11.5 Å². The second kappa shape index (κ2) is 5.03. The fraction of sp³-hybridized carbons (Fsp3) is 0.455. The molecule has 0 aromatic heterocycles. The highest BCUT2D eigenvalue weighted by Crippen LogP contribution is 2.27. The second-order valence-corrected chi connectivity index (χ2v) is 3.85. The van der Waals surface area contributed by atoms with Crippen molar-refractivity contribution < 1.29 is 27.8 Å². The molecule has 0 amide bonds. The molecular weight excluding hydrogens is 237 g/mol. The van der Waals surface area contributed by atoms with Crippen molar-refractivity contribution in [2.75, 3.05) is 19.8 Å². The van der Waals surface area contributed by atoms with Gasteiger partial charge in [-0.1, -0.05) is 0 Å². The van der Waals surface area contributed by atoms with E-state index < -0.39 is 23.7 Å². The topological polar surface area (TPSA) is 38.7 Å². The molecule has 0 atom stereocenters. The van der Waals surface area contributed by atoms with Crippen LogP contribution in [-0.2, 0) is 9.47 Å². The van der Waals surface area contributed by atoms with Crippen LogP contribution < -0.4 is 0 Å². The van der Waals surface area contributed by atoms with E-state index in [4.69, 9.17) is 14.6 Å². The van der Waals surface area contributed by atoms with Crippen LogP contribution in [0.15, 0.2) is 12.1 Å². The first kappa shape index (κ1) is 12.3. The van der Waals surface area contributed by atoms with E-state index in [0.29, 0.717) is 0 Å². The summed E-state index contributed by atoms with van der Waals surface area (Å²) in [5.41, 5.74) is 0.0813. The predicted molar refractivity (Wildman–Crippen MR) is 51.5 cm³/mol. The summed E-state index contributed by atoms with van der Waals surface area (Å²) in [6.45, 7) is 0.364. The van der Waals surface area contributed by atoms with Crippen molar-refractivity contribution in [2.24, 2.45) is 5.92 Å². The molecule has 1 saturated heterocycles. The van der Waals surface area contributed by atoms with Crippen LogP contribution in [0.4, 0.5) is 13.2 Å².